The summed E-state index contributed by atoms with van der Waals surface area (Å²) in [5, 5.41) is 13.9. The van der Waals surface area contributed by atoms with Gasteiger partial charge in [-0.2, -0.15) is 0 Å². The Balaban J connectivity index is 1.95. The van der Waals surface area contributed by atoms with Crippen LogP contribution in [-0.2, 0) is 0 Å². The first-order valence-corrected chi connectivity index (χ1v) is 7.14. The molecule has 110 valence electrons. The highest BCUT2D eigenvalue weighted by atomic mass is 16.1. The van der Waals surface area contributed by atoms with Crippen LogP contribution >= 0.6 is 0 Å². The average molecular weight is 284 g/mol. The number of hydrogen-bond donors (Lipinski definition) is 2. The molecule has 0 bridgehead atoms. The van der Waals surface area contributed by atoms with Crippen LogP contribution < -0.4 is 10.6 Å². The molecule has 1 aromatic carbocycles. The van der Waals surface area contributed by atoms with Crippen LogP contribution in [0.2, 0.25) is 0 Å². The molecule has 0 radical (unpaired) electrons. The van der Waals surface area contributed by atoms with Gasteiger partial charge in [-0.1, -0.05) is 31.0 Å². The van der Waals surface area contributed by atoms with Crippen molar-refractivity contribution in [2.45, 2.75) is 26.7 Å². The quantitative estimate of drug-likeness (QED) is 0.800. The Morgan fingerprint density at radius 3 is 2.48 bits per heavy atom. The van der Waals surface area contributed by atoms with Gasteiger partial charge in [0.15, 0.2) is 11.5 Å². The monoisotopic (exact) mass is 284 g/mol. The topological polar surface area (TPSA) is 66.9 Å². The third-order valence-corrected chi connectivity index (χ3v) is 3.04. The lowest BCUT2D eigenvalue weighted by atomic mass is 10.2. The van der Waals surface area contributed by atoms with E-state index in [9.17, 15) is 4.79 Å². The van der Waals surface area contributed by atoms with Crippen molar-refractivity contribution in [3.63, 3.8) is 0 Å². The van der Waals surface area contributed by atoms with Crippen LogP contribution in [0.25, 0.3) is 0 Å². The van der Waals surface area contributed by atoms with Crippen molar-refractivity contribution in [2.75, 3.05) is 11.9 Å². The van der Waals surface area contributed by atoms with Crippen LogP contribution in [0.15, 0.2) is 36.4 Å². The molecule has 2 rings (SSSR count). The van der Waals surface area contributed by atoms with Gasteiger partial charge in [0.1, 0.15) is 0 Å². The van der Waals surface area contributed by atoms with Gasteiger partial charge in [-0.15, -0.1) is 10.2 Å². The summed E-state index contributed by atoms with van der Waals surface area (Å²) in [6, 6.07) is 11.4. The Morgan fingerprint density at radius 1 is 1.10 bits per heavy atom. The Morgan fingerprint density at radius 2 is 1.86 bits per heavy atom. The van der Waals surface area contributed by atoms with Gasteiger partial charge in [0.25, 0.3) is 5.91 Å². The number of aromatic nitrogens is 2. The number of nitrogens with one attached hydrogen (secondary N) is 2. The summed E-state index contributed by atoms with van der Waals surface area (Å²) >= 11 is 0. The van der Waals surface area contributed by atoms with Crippen LogP contribution in [-0.4, -0.2) is 22.6 Å². The fourth-order valence-electron chi connectivity index (χ4n) is 1.77. The van der Waals surface area contributed by atoms with Gasteiger partial charge in [0, 0.05) is 12.2 Å². The molecule has 5 heteroatoms. The van der Waals surface area contributed by atoms with Gasteiger partial charge in [-0.25, -0.2) is 0 Å². The highest BCUT2D eigenvalue weighted by Gasteiger charge is 2.07. The molecule has 21 heavy (non-hydrogen) atoms. The second kappa shape index (κ2) is 7.38. The van der Waals surface area contributed by atoms with E-state index in [0.29, 0.717) is 18.1 Å². The Hall–Kier alpha value is -2.43. The second-order valence-corrected chi connectivity index (χ2v) is 4.90. The van der Waals surface area contributed by atoms with Crippen molar-refractivity contribution in [3.05, 3.63) is 47.7 Å². The minimum atomic E-state index is -0.183. The van der Waals surface area contributed by atoms with E-state index in [1.54, 1.807) is 12.1 Å². The summed E-state index contributed by atoms with van der Waals surface area (Å²) in [4.78, 5) is 11.8. The lowest BCUT2D eigenvalue weighted by Gasteiger charge is -2.06. The highest BCUT2D eigenvalue weighted by Crippen LogP contribution is 2.14. The van der Waals surface area contributed by atoms with Gasteiger partial charge >= 0.3 is 0 Å². The maximum atomic E-state index is 11.8. The molecule has 5 nitrogen and oxygen atoms in total. The van der Waals surface area contributed by atoms with Crippen molar-refractivity contribution in [1.82, 2.24) is 15.5 Å². The fourth-order valence-corrected chi connectivity index (χ4v) is 1.77. The number of carbonyl (C=O) groups is 1. The van der Waals surface area contributed by atoms with E-state index >= 15 is 0 Å². The summed E-state index contributed by atoms with van der Waals surface area (Å²) in [5.74, 6) is 0.432. The molecule has 0 saturated heterocycles. The van der Waals surface area contributed by atoms with E-state index in [1.807, 2.05) is 31.2 Å². The van der Waals surface area contributed by atoms with Gasteiger partial charge in [-0.3, -0.25) is 4.79 Å². The zero-order chi connectivity index (χ0) is 15.1. The van der Waals surface area contributed by atoms with E-state index in [1.165, 1.54) is 5.56 Å². The number of benzene rings is 1. The van der Waals surface area contributed by atoms with Crippen LogP contribution in [0.1, 0.15) is 35.8 Å². The van der Waals surface area contributed by atoms with Crippen LogP contribution in [0.4, 0.5) is 11.5 Å². The second-order valence-electron chi connectivity index (χ2n) is 4.90. The molecule has 1 heterocycles. The number of amides is 1. The SMILES string of the molecule is CCCCNC(=O)c1ccc(Nc2ccc(C)cc2)nn1. The first-order valence-electron chi connectivity index (χ1n) is 7.14. The first kappa shape index (κ1) is 15.0. The number of nitrogens with zero attached hydrogens (tertiary/aromatic N) is 2. The van der Waals surface area contributed by atoms with E-state index in [2.05, 4.69) is 27.8 Å². The number of unbranched alkanes of at least 4 members (excludes halogenated alkanes) is 1. The summed E-state index contributed by atoms with van der Waals surface area (Å²) in [5.41, 5.74) is 2.47. The van der Waals surface area contributed by atoms with Crippen molar-refractivity contribution in [3.8, 4) is 0 Å². The molecule has 1 aromatic heterocycles. The van der Waals surface area contributed by atoms with Crippen molar-refractivity contribution >= 4 is 17.4 Å². The number of hydrogen-bond acceptors (Lipinski definition) is 4. The Labute approximate surface area is 124 Å². The predicted molar refractivity (Wildman–Crippen MR) is 83.7 cm³/mol. The summed E-state index contributed by atoms with van der Waals surface area (Å²) in [6.45, 7) is 4.79. The van der Waals surface area contributed by atoms with Crippen molar-refractivity contribution in [2.24, 2.45) is 0 Å². The molecular formula is C16H20N4O. The molecular weight excluding hydrogens is 264 g/mol. The highest BCUT2D eigenvalue weighted by molar-refractivity contribution is 5.92. The summed E-state index contributed by atoms with van der Waals surface area (Å²) in [6.07, 6.45) is 2.01. The predicted octanol–water partition coefficient (Wildman–Crippen LogP) is 3.06. The molecule has 0 spiro atoms. The van der Waals surface area contributed by atoms with Gasteiger partial charge < -0.3 is 10.6 Å². The van der Waals surface area contributed by atoms with Crippen LogP contribution in [0.3, 0.4) is 0 Å². The standard InChI is InChI=1S/C16H20N4O/c1-3-4-11-17-16(21)14-9-10-15(20-19-14)18-13-7-5-12(2)6-8-13/h5-10H,3-4,11H2,1-2H3,(H,17,21)(H,18,20). The number of aryl methyl sites for hydroxylation is 1. The van der Waals surface area contributed by atoms with Crippen LogP contribution in [0.5, 0.6) is 0 Å². The maximum absolute atomic E-state index is 11.8. The largest absolute Gasteiger partial charge is 0.351 e. The normalized spacial score (nSPS) is 10.2. The van der Waals surface area contributed by atoms with Gasteiger partial charge in [0.05, 0.1) is 0 Å². The van der Waals surface area contributed by atoms with Gasteiger partial charge in [-0.05, 0) is 37.6 Å². The number of carbonyl (C=O) groups excluding carboxylic acids is 1. The molecule has 0 atom stereocenters. The molecule has 0 aliphatic heterocycles. The maximum Gasteiger partial charge on any atom is 0.271 e. The third-order valence-electron chi connectivity index (χ3n) is 3.04. The van der Waals surface area contributed by atoms with Crippen molar-refractivity contribution < 1.29 is 4.79 Å². The first-order chi connectivity index (χ1) is 10.2. The van der Waals surface area contributed by atoms with E-state index in [4.69, 9.17) is 0 Å². The minimum absolute atomic E-state index is 0.183. The van der Waals surface area contributed by atoms with E-state index in [0.717, 1.165) is 18.5 Å². The lowest BCUT2D eigenvalue weighted by molar-refractivity contribution is 0.0947. The average Bonchev–Trinajstić information content (AvgIpc) is 2.50. The summed E-state index contributed by atoms with van der Waals surface area (Å²) in [7, 11) is 0. The van der Waals surface area contributed by atoms with E-state index in [-0.39, 0.29) is 5.91 Å². The zero-order valence-electron chi connectivity index (χ0n) is 12.4. The molecule has 1 amide bonds. The molecule has 0 saturated carbocycles. The van der Waals surface area contributed by atoms with Crippen molar-refractivity contribution in [1.29, 1.82) is 0 Å². The van der Waals surface area contributed by atoms with Gasteiger partial charge in [0.2, 0.25) is 0 Å². The molecule has 0 aliphatic rings. The third kappa shape index (κ3) is 4.56. The minimum Gasteiger partial charge on any atom is -0.351 e. The zero-order valence-corrected chi connectivity index (χ0v) is 12.4. The number of anilines is 2. The molecule has 2 aromatic rings. The molecule has 2 N–H and O–H groups in total. The molecule has 0 fully saturated rings. The lowest BCUT2D eigenvalue weighted by Crippen LogP contribution is -2.25. The summed E-state index contributed by atoms with van der Waals surface area (Å²) < 4.78 is 0. The Kier molecular flexibility index (Phi) is 5.26. The van der Waals surface area contributed by atoms with Crippen LogP contribution in [0, 0.1) is 6.92 Å². The molecule has 0 unspecified atom stereocenters. The smallest absolute Gasteiger partial charge is 0.271 e. The number of rotatable bonds is 6. The van der Waals surface area contributed by atoms with E-state index < -0.39 is 0 Å². The molecule has 0 aliphatic carbocycles. The Bertz CT molecular complexity index is 578. The fraction of sp³-hybridized carbons (Fsp3) is 0.312.